The van der Waals surface area contributed by atoms with E-state index in [1.807, 2.05) is 35.2 Å². The van der Waals surface area contributed by atoms with Crippen LogP contribution in [0.3, 0.4) is 0 Å². The Balaban J connectivity index is 1.41. The summed E-state index contributed by atoms with van der Waals surface area (Å²) in [6, 6.07) is 18.5. The normalized spacial score (nSPS) is 25.9. The molecule has 2 saturated heterocycles. The van der Waals surface area contributed by atoms with Gasteiger partial charge >= 0.3 is 6.09 Å². The average molecular weight is 408 g/mol. The molecule has 2 atom stereocenters. The maximum atomic E-state index is 12.9. The van der Waals surface area contributed by atoms with Crippen molar-refractivity contribution in [2.45, 2.75) is 82.6 Å². The number of fused-ring (bicyclic) bond motifs is 2. The summed E-state index contributed by atoms with van der Waals surface area (Å²) in [6.07, 6.45) is 4.63. The van der Waals surface area contributed by atoms with E-state index in [-0.39, 0.29) is 18.2 Å². The molecule has 0 saturated carbocycles. The van der Waals surface area contributed by atoms with Crippen molar-refractivity contribution in [3.63, 3.8) is 0 Å². The lowest BCUT2D eigenvalue weighted by molar-refractivity contribution is -0.0845. The topological polar surface area (TPSA) is 49.8 Å². The van der Waals surface area contributed by atoms with Gasteiger partial charge in [0.2, 0.25) is 0 Å². The third-order valence-electron chi connectivity index (χ3n) is 6.69. The first-order valence-electron chi connectivity index (χ1n) is 11.2. The minimum atomic E-state index is -0.759. The number of carbonyl (C=O) groups is 1. The minimum absolute atomic E-state index is 0.0562. The summed E-state index contributed by atoms with van der Waals surface area (Å²) in [5.74, 6) is 0.506. The van der Waals surface area contributed by atoms with Crippen LogP contribution in [0.2, 0.25) is 0 Å². The molecule has 1 N–H and O–H groups in total. The quantitative estimate of drug-likeness (QED) is 0.718. The molecule has 2 aliphatic rings. The van der Waals surface area contributed by atoms with Crippen molar-refractivity contribution in [1.82, 2.24) is 4.90 Å². The maximum absolute atomic E-state index is 12.9. The van der Waals surface area contributed by atoms with Crippen LogP contribution in [0.4, 0.5) is 4.79 Å². The van der Waals surface area contributed by atoms with Crippen molar-refractivity contribution in [1.29, 1.82) is 0 Å². The Morgan fingerprint density at radius 1 is 1.03 bits per heavy atom. The fourth-order valence-corrected chi connectivity index (χ4v) is 5.16. The number of benzene rings is 2. The molecule has 0 aliphatic carbocycles. The van der Waals surface area contributed by atoms with Gasteiger partial charge < -0.3 is 14.7 Å². The number of carbonyl (C=O) groups excluding carboxylic acids is 1. The summed E-state index contributed by atoms with van der Waals surface area (Å²) in [6.45, 7) is 4.68. The van der Waals surface area contributed by atoms with Crippen LogP contribution in [0.5, 0.6) is 0 Å². The molecule has 4 heteroatoms. The summed E-state index contributed by atoms with van der Waals surface area (Å²) in [5, 5.41) is 11.4. The molecular formula is C26H33NO3. The Kier molecular flexibility index (Phi) is 6.14. The summed E-state index contributed by atoms with van der Waals surface area (Å²) < 4.78 is 5.63. The van der Waals surface area contributed by atoms with Gasteiger partial charge in [0.1, 0.15) is 6.61 Å². The Labute approximate surface area is 179 Å². The molecule has 0 spiro atoms. The van der Waals surface area contributed by atoms with Crippen molar-refractivity contribution in [3.8, 4) is 0 Å². The Hall–Kier alpha value is -2.33. The van der Waals surface area contributed by atoms with Crippen molar-refractivity contribution in [2.75, 3.05) is 0 Å². The first-order chi connectivity index (χ1) is 14.4. The van der Waals surface area contributed by atoms with Gasteiger partial charge in [-0.25, -0.2) is 4.79 Å². The highest BCUT2D eigenvalue weighted by Crippen LogP contribution is 2.41. The summed E-state index contributed by atoms with van der Waals surface area (Å²) in [5.41, 5.74) is 2.72. The maximum Gasteiger partial charge on any atom is 0.410 e. The molecule has 4 rings (SSSR count). The van der Waals surface area contributed by atoms with Gasteiger partial charge in [0.05, 0.1) is 5.60 Å². The Morgan fingerprint density at radius 2 is 1.67 bits per heavy atom. The molecule has 2 fully saturated rings. The molecule has 2 aromatic rings. The lowest BCUT2D eigenvalue weighted by Gasteiger charge is -2.51. The lowest BCUT2D eigenvalue weighted by atomic mass is 9.73. The molecule has 2 aromatic carbocycles. The van der Waals surface area contributed by atoms with Crippen LogP contribution in [0, 0.1) is 0 Å². The number of nitrogens with zero attached hydrogens (tertiary/aromatic N) is 1. The van der Waals surface area contributed by atoms with Gasteiger partial charge in [-0.2, -0.15) is 0 Å². The van der Waals surface area contributed by atoms with Crippen LogP contribution < -0.4 is 0 Å². The predicted molar refractivity (Wildman–Crippen MR) is 118 cm³/mol. The van der Waals surface area contributed by atoms with Crippen molar-refractivity contribution < 1.29 is 14.6 Å². The van der Waals surface area contributed by atoms with E-state index in [1.165, 1.54) is 11.1 Å². The monoisotopic (exact) mass is 407 g/mol. The van der Waals surface area contributed by atoms with Gasteiger partial charge in [0, 0.05) is 18.5 Å². The Bertz CT molecular complexity index is 832. The molecule has 2 unspecified atom stereocenters. The molecule has 30 heavy (non-hydrogen) atoms. The molecule has 0 aromatic heterocycles. The number of ether oxygens (including phenoxy) is 1. The van der Waals surface area contributed by atoms with E-state index in [4.69, 9.17) is 4.74 Å². The molecule has 2 heterocycles. The second-order valence-electron chi connectivity index (χ2n) is 9.39. The van der Waals surface area contributed by atoms with E-state index in [2.05, 4.69) is 38.1 Å². The van der Waals surface area contributed by atoms with E-state index >= 15 is 0 Å². The second-order valence-corrected chi connectivity index (χ2v) is 9.39. The number of piperidine rings is 2. The smallest absolute Gasteiger partial charge is 0.410 e. The van der Waals surface area contributed by atoms with Gasteiger partial charge in [-0.3, -0.25) is 0 Å². The average Bonchev–Trinajstić information content (AvgIpc) is 2.72. The third kappa shape index (κ3) is 4.70. The number of hydrogen-bond acceptors (Lipinski definition) is 3. The number of amides is 1. The molecule has 1 amide bonds. The second kappa shape index (κ2) is 8.81. The van der Waals surface area contributed by atoms with Gasteiger partial charge in [-0.15, -0.1) is 0 Å². The van der Waals surface area contributed by atoms with Gasteiger partial charge in [0.15, 0.2) is 0 Å². The van der Waals surface area contributed by atoms with E-state index in [1.54, 1.807) is 0 Å². The standard InChI is InChI=1S/C26H33NO3/c1-19(2)22-13-11-20(12-14-22)15-26(29)16-23-9-6-10-24(17-26)27(23)25(28)30-18-21-7-4-3-5-8-21/h3-5,7-8,11-14,19,23-24,29H,6,9-10,15-18H2,1-2H3. The summed E-state index contributed by atoms with van der Waals surface area (Å²) in [4.78, 5) is 14.8. The SMILES string of the molecule is CC(C)c1ccc(CC2(O)CC3CCCC(C2)N3C(=O)OCc2ccccc2)cc1. The molecule has 0 radical (unpaired) electrons. The molecule has 2 aliphatic heterocycles. The minimum Gasteiger partial charge on any atom is -0.445 e. The summed E-state index contributed by atoms with van der Waals surface area (Å²) >= 11 is 0. The first kappa shape index (κ1) is 20.9. The van der Waals surface area contributed by atoms with Gasteiger partial charge in [0.25, 0.3) is 0 Å². The molecule has 4 nitrogen and oxygen atoms in total. The van der Waals surface area contributed by atoms with Gasteiger partial charge in [-0.05, 0) is 54.7 Å². The molecular weight excluding hydrogens is 374 g/mol. The van der Waals surface area contributed by atoms with E-state index in [0.717, 1.165) is 24.8 Å². The van der Waals surface area contributed by atoms with E-state index < -0.39 is 5.60 Å². The zero-order valence-corrected chi connectivity index (χ0v) is 18.1. The molecule has 2 bridgehead atoms. The predicted octanol–water partition coefficient (Wildman–Crippen LogP) is 5.44. The van der Waals surface area contributed by atoms with E-state index in [0.29, 0.717) is 31.8 Å². The fourth-order valence-electron chi connectivity index (χ4n) is 5.16. The zero-order chi connectivity index (χ0) is 21.1. The number of aliphatic hydroxyl groups is 1. The van der Waals surface area contributed by atoms with Crippen LogP contribution in [-0.4, -0.2) is 33.8 Å². The highest BCUT2D eigenvalue weighted by molar-refractivity contribution is 5.69. The van der Waals surface area contributed by atoms with Crippen LogP contribution >= 0.6 is 0 Å². The number of hydrogen-bond donors (Lipinski definition) is 1. The highest BCUT2D eigenvalue weighted by Gasteiger charge is 2.47. The van der Waals surface area contributed by atoms with Gasteiger partial charge in [-0.1, -0.05) is 68.4 Å². The lowest BCUT2D eigenvalue weighted by Crippen LogP contribution is -2.60. The fraction of sp³-hybridized carbons (Fsp3) is 0.500. The van der Waals surface area contributed by atoms with E-state index in [9.17, 15) is 9.90 Å². The van der Waals surface area contributed by atoms with Crippen molar-refractivity contribution in [2.24, 2.45) is 0 Å². The van der Waals surface area contributed by atoms with Crippen molar-refractivity contribution >= 4 is 6.09 Å². The first-order valence-corrected chi connectivity index (χ1v) is 11.2. The number of rotatable bonds is 5. The van der Waals surface area contributed by atoms with Crippen molar-refractivity contribution in [3.05, 3.63) is 71.3 Å². The zero-order valence-electron chi connectivity index (χ0n) is 18.1. The van der Waals surface area contributed by atoms with Crippen LogP contribution in [0.15, 0.2) is 54.6 Å². The highest BCUT2D eigenvalue weighted by atomic mass is 16.6. The summed E-state index contributed by atoms with van der Waals surface area (Å²) in [7, 11) is 0. The third-order valence-corrected chi connectivity index (χ3v) is 6.69. The van der Waals surface area contributed by atoms with Crippen LogP contribution in [0.25, 0.3) is 0 Å². The largest absolute Gasteiger partial charge is 0.445 e. The van der Waals surface area contributed by atoms with Crippen LogP contribution in [-0.2, 0) is 17.8 Å². The molecule has 160 valence electrons. The Morgan fingerprint density at radius 3 is 2.27 bits per heavy atom. The van der Waals surface area contributed by atoms with Crippen LogP contribution in [0.1, 0.15) is 68.6 Å².